The summed E-state index contributed by atoms with van der Waals surface area (Å²) in [6.07, 6.45) is 12.0. The monoisotopic (exact) mass is 254 g/mol. The fraction of sp³-hybridized carbons (Fsp3) is 1.00. The molecule has 1 fully saturated rings. The second kappa shape index (κ2) is 7.49. The van der Waals surface area contributed by atoms with Gasteiger partial charge in [-0.3, -0.25) is 0 Å². The lowest BCUT2D eigenvalue weighted by Crippen LogP contribution is -2.50. The summed E-state index contributed by atoms with van der Waals surface area (Å²) in [4.78, 5) is 0. The predicted molar refractivity (Wildman–Crippen MR) is 81.1 cm³/mol. The van der Waals surface area contributed by atoms with E-state index in [1.807, 2.05) is 0 Å². The quantitative estimate of drug-likeness (QED) is 0.687. The van der Waals surface area contributed by atoms with Gasteiger partial charge in [0.1, 0.15) is 0 Å². The Bertz CT molecular complexity index is 207. The van der Waals surface area contributed by atoms with Gasteiger partial charge in [-0.1, -0.05) is 40.0 Å². The maximum absolute atomic E-state index is 3.85. The zero-order valence-corrected chi connectivity index (χ0v) is 13.1. The minimum atomic E-state index is 0.379. The average molecular weight is 254 g/mol. The standard InChI is InChI=1S/C16H34N2/c1-5-15(6-2,7-3)18-14-13-16(17-4)11-9-8-10-12-16/h17-18H,5-14H2,1-4H3. The van der Waals surface area contributed by atoms with Gasteiger partial charge in [-0.2, -0.15) is 0 Å². The molecule has 0 spiro atoms. The average Bonchev–Trinajstić information content (AvgIpc) is 2.45. The highest BCUT2D eigenvalue weighted by atomic mass is 15.0. The Morgan fingerprint density at radius 1 is 0.944 bits per heavy atom. The van der Waals surface area contributed by atoms with Crippen molar-refractivity contribution in [3.05, 3.63) is 0 Å². The molecule has 0 unspecified atom stereocenters. The third-order valence-corrected chi connectivity index (χ3v) is 5.47. The Labute approximate surface area is 114 Å². The van der Waals surface area contributed by atoms with Crippen molar-refractivity contribution in [2.75, 3.05) is 13.6 Å². The van der Waals surface area contributed by atoms with E-state index in [4.69, 9.17) is 0 Å². The van der Waals surface area contributed by atoms with E-state index >= 15 is 0 Å². The van der Waals surface area contributed by atoms with E-state index in [-0.39, 0.29) is 0 Å². The molecule has 2 N–H and O–H groups in total. The summed E-state index contributed by atoms with van der Waals surface area (Å²) in [6, 6.07) is 0. The minimum Gasteiger partial charge on any atom is -0.314 e. The van der Waals surface area contributed by atoms with Crippen LogP contribution < -0.4 is 10.6 Å². The molecule has 1 aliphatic rings. The zero-order valence-electron chi connectivity index (χ0n) is 13.1. The van der Waals surface area contributed by atoms with Crippen LogP contribution in [0.3, 0.4) is 0 Å². The topological polar surface area (TPSA) is 24.1 Å². The van der Waals surface area contributed by atoms with Crippen LogP contribution in [0.4, 0.5) is 0 Å². The second-order valence-electron chi connectivity index (χ2n) is 6.11. The molecule has 0 radical (unpaired) electrons. The molecular formula is C16H34N2. The first-order valence-corrected chi connectivity index (χ1v) is 8.10. The second-order valence-corrected chi connectivity index (χ2v) is 6.11. The summed E-state index contributed by atoms with van der Waals surface area (Å²) in [6.45, 7) is 8.10. The summed E-state index contributed by atoms with van der Waals surface area (Å²) >= 11 is 0. The van der Waals surface area contributed by atoms with E-state index in [1.165, 1.54) is 57.8 Å². The van der Waals surface area contributed by atoms with E-state index in [9.17, 15) is 0 Å². The maximum Gasteiger partial charge on any atom is 0.0190 e. The summed E-state index contributed by atoms with van der Waals surface area (Å²) in [5, 5.41) is 7.47. The van der Waals surface area contributed by atoms with Crippen molar-refractivity contribution < 1.29 is 0 Å². The van der Waals surface area contributed by atoms with Gasteiger partial charge in [0.15, 0.2) is 0 Å². The van der Waals surface area contributed by atoms with Crippen LogP contribution >= 0.6 is 0 Å². The molecule has 0 amide bonds. The molecule has 1 saturated carbocycles. The SMILES string of the molecule is CCC(CC)(CC)NCCC1(NC)CCCCC1. The fourth-order valence-corrected chi connectivity index (χ4v) is 3.55. The molecule has 1 rings (SSSR count). The molecule has 2 heteroatoms. The molecule has 18 heavy (non-hydrogen) atoms. The first-order valence-electron chi connectivity index (χ1n) is 8.10. The van der Waals surface area contributed by atoms with E-state index in [0.717, 1.165) is 6.54 Å². The highest BCUT2D eigenvalue weighted by molar-refractivity contribution is 4.92. The van der Waals surface area contributed by atoms with Gasteiger partial charge >= 0.3 is 0 Å². The van der Waals surface area contributed by atoms with Crippen molar-refractivity contribution in [3.8, 4) is 0 Å². The van der Waals surface area contributed by atoms with Crippen molar-refractivity contribution in [2.24, 2.45) is 0 Å². The summed E-state index contributed by atoms with van der Waals surface area (Å²) in [5.41, 5.74) is 0.801. The largest absolute Gasteiger partial charge is 0.314 e. The van der Waals surface area contributed by atoms with Crippen LogP contribution in [0.2, 0.25) is 0 Å². The minimum absolute atomic E-state index is 0.379. The lowest BCUT2D eigenvalue weighted by molar-refractivity contribution is 0.209. The van der Waals surface area contributed by atoms with Crippen LogP contribution in [0.1, 0.15) is 78.6 Å². The fourth-order valence-electron chi connectivity index (χ4n) is 3.55. The summed E-state index contributed by atoms with van der Waals surface area (Å²) in [5.74, 6) is 0. The van der Waals surface area contributed by atoms with Gasteiger partial charge < -0.3 is 10.6 Å². The predicted octanol–water partition coefficient (Wildman–Crippen LogP) is 3.86. The van der Waals surface area contributed by atoms with Gasteiger partial charge in [0.25, 0.3) is 0 Å². The number of rotatable bonds is 8. The third-order valence-electron chi connectivity index (χ3n) is 5.47. The molecule has 0 aromatic rings. The molecule has 2 nitrogen and oxygen atoms in total. The molecule has 0 heterocycles. The molecule has 1 aliphatic carbocycles. The Kier molecular flexibility index (Phi) is 6.65. The van der Waals surface area contributed by atoms with Crippen molar-refractivity contribution in [1.29, 1.82) is 0 Å². The Balaban J connectivity index is 2.43. The van der Waals surface area contributed by atoms with E-state index in [0.29, 0.717) is 11.1 Å². The van der Waals surface area contributed by atoms with E-state index < -0.39 is 0 Å². The van der Waals surface area contributed by atoms with Crippen molar-refractivity contribution in [1.82, 2.24) is 10.6 Å². The third kappa shape index (κ3) is 3.96. The number of hydrogen-bond acceptors (Lipinski definition) is 2. The van der Waals surface area contributed by atoms with Gasteiger partial charge in [0.05, 0.1) is 0 Å². The molecular weight excluding hydrogens is 220 g/mol. The molecule has 0 bridgehead atoms. The normalized spacial score (nSPS) is 20.0. The van der Waals surface area contributed by atoms with Crippen LogP contribution in [-0.4, -0.2) is 24.7 Å². The zero-order chi connectivity index (χ0) is 13.5. The molecule has 0 aliphatic heterocycles. The molecule has 0 atom stereocenters. The Morgan fingerprint density at radius 2 is 1.50 bits per heavy atom. The highest BCUT2D eigenvalue weighted by Crippen LogP contribution is 2.30. The molecule has 108 valence electrons. The smallest absolute Gasteiger partial charge is 0.0190 e. The molecule has 0 aromatic carbocycles. The van der Waals surface area contributed by atoms with Crippen LogP contribution in [0.15, 0.2) is 0 Å². The van der Waals surface area contributed by atoms with Gasteiger partial charge in [0, 0.05) is 11.1 Å². The van der Waals surface area contributed by atoms with Crippen LogP contribution in [0, 0.1) is 0 Å². The number of nitrogens with one attached hydrogen (secondary N) is 2. The van der Waals surface area contributed by atoms with Crippen molar-refractivity contribution in [3.63, 3.8) is 0 Å². The summed E-state index contributed by atoms with van der Waals surface area (Å²) in [7, 11) is 2.15. The number of hydrogen-bond donors (Lipinski definition) is 2. The lowest BCUT2D eigenvalue weighted by atomic mass is 9.79. The lowest BCUT2D eigenvalue weighted by Gasteiger charge is -2.39. The maximum atomic E-state index is 3.85. The van der Waals surface area contributed by atoms with E-state index in [2.05, 4.69) is 38.5 Å². The van der Waals surface area contributed by atoms with Gasteiger partial charge in [0.2, 0.25) is 0 Å². The van der Waals surface area contributed by atoms with Crippen molar-refractivity contribution >= 4 is 0 Å². The van der Waals surface area contributed by atoms with Crippen molar-refractivity contribution in [2.45, 2.75) is 89.6 Å². The van der Waals surface area contributed by atoms with Crippen LogP contribution in [-0.2, 0) is 0 Å². The van der Waals surface area contributed by atoms with Crippen LogP contribution in [0.25, 0.3) is 0 Å². The Hall–Kier alpha value is -0.0800. The van der Waals surface area contributed by atoms with Gasteiger partial charge in [-0.05, 0) is 52.1 Å². The molecule has 0 aromatic heterocycles. The van der Waals surface area contributed by atoms with Gasteiger partial charge in [-0.25, -0.2) is 0 Å². The first kappa shape index (κ1) is 16.0. The van der Waals surface area contributed by atoms with Gasteiger partial charge in [-0.15, -0.1) is 0 Å². The van der Waals surface area contributed by atoms with E-state index in [1.54, 1.807) is 0 Å². The summed E-state index contributed by atoms with van der Waals surface area (Å²) < 4.78 is 0. The first-order chi connectivity index (χ1) is 8.66. The van der Waals surface area contributed by atoms with Crippen LogP contribution in [0.5, 0.6) is 0 Å². The molecule has 0 saturated heterocycles. The highest BCUT2D eigenvalue weighted by Gasteiger charge is 2.31. The Morgan fingerprint density at radius 3 is 1.94 bits per heavy atom.